The average Bonchev–Trinajstić information content (AvgIpc) is 3.09. The zero-order valence-electron chi connectivity index (χ0n) is 12.0. The van der Waals surface area contributed by atoms with Gasteiger partial charge in [0.2, 0.25) is 0 Å². The lowest BCUT2D eigenvalue weighted by atomic mass is 9.95. The van der Waals surface area contributed by atoms with Crippen LogP contribution in [0.15, 0.2) is 0 Å². The van der Waals surface area contributed by atoms with Crippen LogP contribution in [-0.2, 0) is 4.79 Å². The maximum atomic E-state index is 12.5. The summed E-state index contributed by atoms with van der Waals surface area (Å²) in [6.07, 6.45) is -1.83. The third-order valence-corrected chi connectivity index (χ3v) is 3.61. The van der Waals surface area contributed by atoms with E-state index in [1.54, 1.807) is 13.8 Å². The van der Waals surface area contributed by atoms with Gasteiger partial charge in [-0.3, -0.25) is 9.69 Å². The van der Waals surface area contributed by atoms with Crippen LogP contribution in [0.5, 0.6) is 0 Å². The van der Waals surface area contributed by atoms with E-state index in [0.29, 0.717) is 25.9 Å². The Morgan fingerprint density at radius 2 is 2.00 bits per heavy atom. The highest BCUT2D eigenvalue weighted by atomic mass is 19.4. The molecule has 20 heavy (non-hydrogen) atoms. The monoisotopic (exact) mass is 296 g/mol. The second-order valence-corrected chi connectivity index (χ2v) is 5.59. The van der Waals surface area contributed by atoms with Gasteiger partial charge in [0, 0.05) is 6.04 Å². The predicted octanol–water partition coefficient (Wildman–Crippen LogP) is 2.25. The Bertz CT molecular complexity index is 332. The second-order valence-electron chi connectivity index (χ2n) is 5.59. The lowest BCUT2D eigenvalue weighted by molar-refractivity contribution is -0.149. The molecular formula is C13H23F3N2O2. The minimum Gasteiger partial charge on any atom is -0.480 e. The molecule has 1 fully saturated rings. The van der Waals surface area contributed by atoms with E-state index in [1.165, 1.54) is 4.90 Å². The molecule has 1 aliphatic rings. The van der Waals surface area contributed by atoms with Gasteiger partial charge in [-0.25, -0.2) is 0 Å². The van der Waals surface area contributed by atoms with E-state index in [2.05, 4.69) is 5.32 Å². The summed E-state index contributed by atoms with van der Waals surface area (Å²) < 4.78 is 37.4. The predicted molar refractivity (Wildman–Crippen MR) is 69.6 cm³/mol. The van der Waals surface area contributed by atoms with Crippen LogP contribution >= 0.6 is 0 Å². The Kier molecular flexibility index (Phi) is 5.82. The van der Waals surface area contributed by atoms with Gasteiger partial charge >= 0.3 is 12.1 Å². The van der Waals surface area contributed by atoms with Crippen molar-refractivity contribution in [3.05, 3.63) is 0 Å². The lowest BCUT2D eigenvalue weighted by Crippen LogP contribution is -2.50. The van der Waals surface area contributed by atoms with Gasteiger partial charge in [-0.15, -0.1) is 0 Å². The Hall–Kier alpha value is -0.820. The average molecular weight is 296 g/mol. The second kappa shape index (κ2) is 6.76. The number of rotatable bonds is 9. The van der Waals surface area contributed by atoms with E-state index >= 15 is 0 Å². The molecule has 0 aromatic carbocycles. The quantitative estimate of drug-likeness (QED) is 0.685. The molecule has 1 rings (SSSR count). The number of aliphatic carboxylic acids is 1. The molecule has 0 radical (unpaired) electrons. The van der Waals surface area contributed by atoms with Crippen molar-refractivity contribution in [3.63, 3.8) is 0 Å². The fraction of sp³-hybridized carbons (Fsp3) is 0.923. The maximum absolute atomic E-state index is 12.5. The molecule has 0 spiro atoms. The van der Waals surface area contributed by atoms with E-state index in [0.717, 1.165) is 12.8 Å². The summed E-state index contributed by atoms with van der Waals surface area (Å²) >= 11 is 0. The molecule has 0 aromatic heterocycles. The Balaban J connectivity index is 2.45. The van der Waals surface area contributed by atoms with Gasteiger partial charge in [0.15, 0.2) is 0 Å². The highest BCUT2D eigenvalue weighted by molar-refractivity contribution is 5.78. The van der Waals surface area contributed by atoms with E-state index < -0.39 is 24.2 Å². The van der Waals surface area contributed by atoms with Crippen LogP contribution in [0.4, 0.5) is 13.2 Å². The zero-order chi connectivity index (χ0) is 15.4. The van der Waals surface area contributed by atoms with E-state index in [-0.39, 0.29) is 6.04 Å². The van der Waals surface area contributed by atoms with Crippen molar-refractivity contribution in [2.45, 2.75) is 57.3 Å². The van der Waals surface area contributed by atoms with Crippen molar-refractivity contribution in [3.8, 4) is 0 Å². The first kappa shape index (κ1) is 17.2. The number of carboxylic acid groups (broad SMARTS) is 1. The molecule has 0 aromatic rings. The van der Waals surface area contributed by atoms with Crippen molar-refractivity contribution in [1.82, 2.24) is 10.2 Å². The fourth-order valence-electron chi connectivity index (χ4n) is 2.36. The smallest absolute Gasteiger partial charge is 0.401 e. The zero-order valence-corrected chi connectivity index (χ0v) is 12.0. The van der Waals surface area contributed by atoms with Crippen molar-refractivity contribution in [2.75, 3.05) is 19.6 Å². The van der Waals surface area contributed by atoms with Crippen LogP contribution in [0.3, 0.4) is 0 Å². The first-order valence-corrected chi connectivity index (χ1v) is 6.97. The Labute approximate surface area is 117 Å². The molecule has 118 valence electrons. The van der Waals surface area contributed by atoms with Gasteiger partial charge < -0.3 is 10.4 Å². The van der Waals surface area contributed by atoms with E-state index in [1.807, 2.05) is 0 Å². The number of hydrogen-bond donors (Lipinski definition) is 2. The summed E-state index contributed by atoms with van der Waals surface area (Å²) in [5.74, 6) is -0.965. The van der Waals surface area contributed by atoms with Gasteiger partial charge in [-0.05, 0) is 45.7 Å². The van der Waals surface area contributed by atoms with Gasteiger partial charge in [0.1, 0.15) is 5.54 Å². The number of halogens is 3. The van der Waals surface area contributed by atoms with Crippen LogP contribution in [0, 0.1) is 0 Å². The molecule has 0 bridgehead atoms. The molecule has 7 heteroatoms. The molecule has 1 saturated carbocycles. The normalized spacial score (nSPS) is 19.1. The summed E-state index contributed by atoms with van der Waals surface area (Å²) in [4.78, 5) is 12.6. The first-order valence-electron chi connectivity index (χ1n) is 6.97. The molecule has 4 nitrogen and oxygen atoms in total. The number of alkyl halides is 3. The minimum absolute atomic E-state index is 0.0202. The molecular weight excluding hydrogens is 273 g/mol. The number of nitrogens with zero attached hydrogens (tertiary/aromatic N) is 1. The summed E-state index contributed by atoms with van der Waals surface area (Å²) in [5.41, 5.74) is -1.07. The third kappa shape index (κ3) is 5.66. The molecule has 0 aliphatic heterocycles. The number of hydrogen-bond acceptors (Lipinski definition) is 3. The molecule has 0 saturated heterocycles. The largest absolute Gasteiger partial charge is 0.480 e. The van der Waals surface area contributed by atoms with Crippen LogP contribution in [-0.4, -0.2) is 53.4 Å². The van der Waals surface area contributed by atoms with Crippen LogP contribution in [0.25, 0.3) is 0 Å². The van der Waals surface area contributed by atoms with Crippen LogP contribution in [0.1, 0.15) is 39.5 Å². The summed E-state index contributed by atoms with van der Waals surface area (Å²) in [6, 6.07) is 0.0202. The summed E-state index contributed by atoms with van der Waals surface area (Å²) in [7, 11) is 0. The molecule has 1 atom stereocenters. The molecule has 0 heterocycles. The molecule has 1 aliphatic carbocycles. The summed E-state index contributed by atoms with van der Waals surface area (Å²) in [5, 5.41) is 12.1. The third-order valence-electron chi connectivity index (χ3n) is 3.61. The van der Waals surface area contributed by atoms with Crippen LogP contribution < -0.4 is 5.32 Å². The molecule has 1 unspecified atom stereocenters. The van der Waals surface area contributed by atoms with Gasteiger partial charge in [-0.1, -0.05) is 6.92 Å². The SMILES string of the molecule is CCNC(C)(CCCN(CC(F)(F)F)C1CC1)C(=O)O. The fourth-order valence-corrected chi connectivity index (χ4v) is 2.36. The summed E-state index contributed by atoms with van der Waals surface area (Å²) in [6.45, 7) is 3.28. The molecule has 0 amide bonds. The number of carboxylic acids is 1. The Morgan fingerprint density at radius 3 is 2.40 bits per heavy atom. The van der Waals surface area contributed by atoms with Crippen molar-refractivity contribution < 1.29 is 23.1 Å². The maximum Gasteiger partial charge on any atom is 0.401 e. The van der Waals surface area contributed by atoms with Gasteiger partial charge in [-0.2, -0.15) is 13.2 Å². The Morgan fingerprint density at radius 1 is 1.40 bits per heavy atom. The van der Waals surface area contributed by atoms with Gasteiger partial charge in [0.25, 0.3) is 0 Å². The standard InChI is InChI=1S/C13H23F3N2O2/c1-3-17-12(2,11(19)20)7-4-8-18(10-5-6-10)9-13(14,15)16/h10,17H,3-9H2,1-2H3,(H,19,20). The number of carbonyl (C=O) groups is 1. The lowest BCUT2D eigenvalue weighted by Gasteiger charge is -2.28. The van der Waals surface area contributed by atoms with E-state index in [9.17, 15) is 23.1 Å². The van der Waals surface area contributed by atoms with Crippen LogP contribution in [0.2, 0.25) is 0 Å². The first-order chi connectivity index (χ1) is 9.18. The van der Waals surface area contributed by atoms with E-state index in [4.69, 9.17) is 0 Å². The van der Waals surface area contributed by atoms with Crippen molar-refractivity contribution >= 4 is 5.97 Å². The minimum atomic E-state index is -4.19. The van der Waals surface area contributed by atoms with Crippen molar-refractivity contribution in [2.24, 2.45) is 0 Å². The van der Waals surface area contributed by atoms with Crippen molar-refractivity contribution in [1.29, 1.82) is 0 Å². The highest BCUT2D eigenvalue weighted by Crippen LogP contribution is 2.30. The topological polar surface area (TPSA) is 52.6 Å². The molecule has 2 N–H and O–H groups in total. The van der Waals surface area contributed by atoms with Gasteiger partial charge in [0.05, 0.1) is 6.54 Å². The number of nitrogens with one attached hydrogen (secondary N) is 1. The number of likely N-dealkylation sites (N-methyl/N-ethyl adjacent to an activating group) is 1. The highest BCUT2D eigenvalue weighted by Gasteiger charge is 2.38.